The van der Waals surface area contributed by atoms with Crippen molar-refractivity contribution < 1.29 is 47.6 Å². The Morgan fingerprint density at radius 1 is 0.895 bits per heavy atom. The predicted octanol–water partition coefficient (Wildman–Crippen LogP) is 4.85. The molecule has 0 saturated heterocycles. The van der Waals surface area contributed by atoms with Crippen LogP contribution in [0.1, 0.15) is 80.2 Å². The van der Waals surface area contributed by atoms with E-state index in [1.54, 1.807) is 54.5 Å². The highest BCUT2D eigenvalue weighted by Gasteiger charge is 2.25. The van der Waals surface area contributed by atoms with Crippen molar-refractivity contribution in [3.8, 4) is 11.5 Å². The first kappa shape index (κ1) is 32.7. The molecule has 0 spiro atoms. The monoisotopic (exact) mass is 539 g/mol. The number of carbonyl (C=O) groups excluding carboxylic acids is 4. The van der Waals surface area contributed by atoms with Crippen molar-refractivity contribution in [2.24, 2.45) is 5.73 Å². The molecular weight excluding hydrogens is 498 g/mol. The standard InChI is InChI=1S/C27H41NO10/c1-9-10-11-22(29)33-16-17(2)34-23(30)19(28)14-18-12-13-20(35-24(31)37-26(3,4)5)21(15-18)36-25(32)38-27(6,7)8/h12-13,15,17,19H,9-11,14,16,28H2,1-8H3/t17-,19-/m0/s1. The number of unbranched alkanes of at least 4 members (excludes halogenated alkanes) is 1. The van der Waals surface area contributed by atoms with E-state index in [2.05, 4.69) is 0 Å². The van der Waals surface area contributed by atoms with Gasteiger partial charge in [-0.15, -0.1) is 0 Å². The third-order valence-electron chi connectivity index (χ3n) is 4.46. The second-order valence-electron chi connectivity index (χ2n) is 10.8. The Balaban J connectivity index is 2.92. The van der Waals surface area contributed by atoms with Gasteiger partial charge < -0.3 is 34.2 Å². The Morgan fingerprint density at radius 2 is 1.45 bits per heavy atom. The van der Waals surface area contributed by atoms with Gasteiger partial charge in [0.1, 0.15) is 30.0 Å². The van der Waals surface area contributed by atoms with Crippen LogP contribution in [0, 0.1) is 0 Å². The molecule has 0 fully saturated rings. The SMILES string of the molecule is CCCCC(=O)OC[C@H](C)OC(=O)[C@@H](N)Cc1ccc(OC(=O)OC(C)(C)C)c(OC(=O)OC(C)(C)C)c1. The summed E-state index contributed by atoms with van der Waals surface area (Å²) in [6, 6.07) is 3.26. The molecule has 38 heavy (non-hydrogen) atoms. The van der Waals surface area contributed by atoms with E-state index in [0.29, 0.717) is 12.0 Å². The predicted molar refractivity (Wildman–Crippen MR) is 138 cm³/mol. The highest BCUT2D eigenvalue weighted by Crippen LogP contribution is 2.31. The van der Waals surface area contributed by atoms with Gasteiger partial charge >= 0.3 is 24.2 Å². The van der Waals surface area contributed by atoms with E-state index in [1.807, 2.05) is 6.92 Å². The van der Waals surface area contributed by atoms with Crippen molar-refractivity contribution in [1.82, 2.24) is 0 Å². The molecule has 0 unspecified atom stereocenters. The average molecular weight is 540 g/mol. The van der Waals surface area contributed by atoms with Crippen molar-refractivity contribution in [1.29, 1.82) is 0 Å². The second kappa shape index (κ2) is 14.6. The number of hydrogen-bond donors (Lipinski definition) is 1. The molecule has 0 heterocycles. The van der Waals surface area contributed by atoms with Gasteiger partial charge in [-0.2, -0.15) is 0 Å². The second-order valence-corrected chi connectivity index (χ2v) is 10.8. The lowest BCUT2D eigenvalue weighted by molar-refractivity contribution is -0.159. The fourth-order valence-corrected chi connectivity index (χ4v) is 2.83. The minimum absolute atomic E-state index is 0.0131. The molecule has 1 aromatic rings. The quantitative estimate of drug-likeness (QED) is 0.233. The minimum Gasteiger partial charge on any atom is -0.462 e. The van der Waals surface area contributed by atoms with Crippen molar-refractivity contribution in [3.63, 3.8) is 0 Å². The topological polar surface area (TPSA) is 150 Å². The maximum absolute atomic E-state index is 12.5. The van der Waals surface area contributed by atoms with Crippen molar-refractivity contribution >= 4 is 24.2 Å². The average Bonchev–Trinajstić information content (AvgIpc) is 2.75. The molecule has 1 aromatic carbocycles. The fourth-order valence-electron chi connectivity index (χ4n) is 2.83. The molecule has 0 amide bonds. The molecule has 1 rings (SSSR count). The fraction of sp³-hybridized carbons (Fsp3) is 0.630. The highest BCUT2D eigenvalue weighted by molar-refractivity contribution is 5.76. The van der Waals surface area contributed by atoms with E-state index >= 15 is 0 Å². The molecule has 0 aromatic heterocycles. The summed E-state index contributed by atoms with van der Waals surface area (Å²) in [6.45, 7) is 13.5. The molecule has 214 valence electrons. The third kappa shape index (κ3) is 13.8. The van der Waals surface area contributed by atoms with Gasteiger partial charge in [0.25, 0.3) is 0 Å². The van der Waals surface area contributed by atoms with Gasteiger partial charge in [0.2, 0.25) is 0 Å². The highest BCUT2D eigenvalue weighted by atomic mass is 16.8. The number of nitrogens with two attached hydrogens (primary N) is 1. The molecule has 0 aliphatic heterocycles. The Hall–Kier alpha value is -3.34. The lowest BCUT2D eigenvalue weighted by Crippen LogP contribution is -2.37. The number of hydrogen-bond acceptors (Lipinski definition) is 11. The van der Waals surface area contributed by atoms with Crippen LogP contribution in [0.2, 0.25) is 0 Å². The van der Waals surface area contributed by atoms with Crippen molar-refractivity contribution in [2.45, 2.75) is 104 Å². The number of ether oxygens (including phenoxy) is 6. The van der Waals surface area contributed by atoms with E-state index in [1.165, 1.54) is 12.1 Å². The van der Waals surface area contributed by atoms with E-state index in [4.69, 9.17) is 34.2 Å². The number of esters is 2. The maximum atomic E-state index is 12.5. The molecule has 11 heteroatoms. The third-order valence-corrected chi connectivity index (χ3v) is 4.46. The minimum atomic E-state index is -1.07. The molecule has 2 N–H and O–H groups in total. The van der Waals surface area contributed by atoms with Crippen LogP contribution in [0.25, 0.3) is 0 Å². The lowest BCUT2D eigenvalue weighted by Gasteiger charge is -2.21. The van der Waals surface area contributed by atoms with Crippen LogP contribution >= 0.6 is 0 Å². The largest absolute Gasteiger partial charge is 0.514 e. The zero-order valence-corrected chi connectivity index (χ0v) is 23.6. The van der Waals surface area contributed by atoms with Crippen LogP contribution in [0.3, 0.4) is 0 Å². The Morgan fingerprint density at radius 3 is 1.97 bits per heavy atom. The first-order valence-electron chi connectivity index (χ1n) is 12.6. The summed E-state index contributed by atoms with van der Waals surface area (Å²) in [5.41, 5.74) is 4.88. The van der Waals surface area contributed by atoms with Crippen molar-refractivity contribution in [3.05, 3.63) is 23.8 Å². The van der Waals surface area contributed by atoms with E-state index in [9.17, 15) is 19.2 Å². The summed E-state index contributed by atoms with van der Waals surface area (Å²) in [4.78, 5) is 48.5. The molecule has 2 atom stereocenters. The van der Waals surface area contributed by atoms with Gasteiger partial charge in [-0.25, -0.2) is 9.59 Å². The lowest BCUT2D eigenvalue weighted by atomic mass is 10.1. The normalized spacial score (nSPS) is 13.1. The number of rotatable bonds is 11. The summed E-state index contributed by atoms with van der Waals surface area (Å²) in [5, 5.41) is 0. The zero-order chi connectivity index (χ0) is 29.1. The first-order valence-corrected chi connectivity index (χ1v) is 12.6. The van der Waals surface area contributed by atoms with Crippen LogP contribution in [-0.2, 0) is 35.0 Å². The first-order chi connectivity index (χ1) is 17.5. The van der Waals surface area contributed by atoms with Gasteiger partial charge in [-0.3, -0.25) is 9.59 Å². The van der Waals surface area contributed by atoms with Crippen LogP contribution in [0.5, 0.6) is 11.5 Å². The smallest absolute Gasteiger partial charge is 0.462 e. The summed E-state index contributed by atoms with van der Waals surface area (Å²) >= 11 is 0. The number of benzene rings is 1. The van der Waals surface area contributed by atoms with E-state index < -0.39 is 41.6 Å². The van der Waals surface area contributed by atoms with Gasteiger partial charge in [-0.1, -0.05) is 19.4 Å². The molecule has 0 saturated carbocycles. The van der Waals surface area contributed by atoms with Gasteiger partial charge in [0.15, 0.2) is 11.5 Å². The van der Waals surface area contributed by atoms with Gasteiger partial charge in [-0.05, 0) is 79.0 Å². The molecule has 0 bridgehead atoms. The zero-order valence-electron chi connectivity index (χ0n) is 23.6. The summed E-state index contributed by atoms with van der Waals surface area (Å²) in [5.74, 6) is -1.28. The van der Waals surface area contributed by atoms with Gasteiger partial charge in [0.05, 0.1) is 0 Å². The Labute approximate surface area is 224 Å². The van der Waals surface area contributed by atoms with Crippen LogP contribution in [0.4, 0.5) is 9.59 Å². The van der Waals surface area contributed by atoms with Crippen LogP contribution in [0.15, 0.2) is 18.2 Å². The number of carbonyl (C=O) groups is 4. The molecule has 0 aliphatic rings. The van der Waals surface area contributed by atoms with E-state index in [0.717, 1.165) is 12.8 Å². The van der Waals surface area contributed by atoms with Crippen LogP contribution < -0.4 is 15.2 Å². The van der Waals surface area contributed by atoms with Crippen LogP contribution in [-0.4, -0.2) is 54.2 Å². The summed E-state index contributed by atoms with van der Waals surface area (Å²) in [6.07, 6.45) is -0.794. The van der Waals surface area contributed by atoms with Gasteiger partial charge in [0, 0.05) is 6.42 Å². The van der Waals surface area contributed by atoms with E-state index in [-0.39, 0.29) is 30.5 Å². The molecule has 0 radical (unpaired) electrons. The maximum Gasteiger partial charge on any atom is 0.514 e. The Kier molecular flexibility index (Phi) is 12.5. The molecular formula is C27H41NO10. The molecule has 0 aliphatic carbocycles. The Bertz CT molecular complexity index is 962. The summed E-state index contributed by atoms with van der Waals surface area (Å²) in [7, 11) is 0. The molecule has 11 nitrogen and oxygen atoms in total. The summed E-state index contributed by atoms with van der Waals surface area (Å²) < 4.78 is 31.2. The van der Waals surface area contributed by atoms with Crippen molar-refractivity contribution in [2.75, 3.05) is 6.61 Å².